The van der Waals surface area contributed by atoms with Gasteiger partial charge in [-0.15, -0.1) is 5.54 Å². The summed E-state index contributed by atoms with van der Waals surface area (Å²) in [5, 5.41) is 0. The van der Waals surface area contributed by atoms with Crippen molar-refractivity contribution < 1.29 is 23.7 Å². The number of ether oxygens (including phenoxy) is 5. The van der Waals surface area contributed by atoms with E-state index < -0.39 is 38.6 Å². The molecule has 53 heavy (non-hydrogen) atoms. The smallest absolute Gasteiger partial charge is 0.147 e. The Morgan fingerprint density at radius 1 is 0.491 bits per heavy atom. The van der Waals surface area contributed by atoms with Gasteiger partial charge in [-0.1, -0.05) is 171 Å². The van der Waals surface area contributed by atoms with Crippen molar-refractivity contribution in [2.75, 3.05) is 6.61 Å². The van der Waals surface area contributed by atoms with Crippen LogP contribution in [0, 0.1) is 23.3 Å². The largest absolute Gasteiger partial charge is 0.374 e. The van der Waals surface area contributed by atoms with E-state index in [1.165, 1.54) is 0 Å². The van der Waals surface area contributed by atoms with E-state index in [1.54, 1.807) is 0 Å². The molecule has 0 radical (unpaired) electrons. The lowest BCUT2D eigenvalue weighted by Crippen LogP contribution is -2.60. The van der Waals surface area contributed by atoms with Gasteiger partial charge in [0.05, 0.1) is 33.0 Å². The minimum atomic E-state index is -1.60. The Balaban J connectivity index is 1.37. The van der Waals surface area contributed by atoms with Crippen molar-refractivity contribution in [3.05, 3.63) is 179 Å². The van der Waals surface area contributed by atoms with Crippen LogP contribution in [0.4, 0.5) is 0 Å². The topological polar surface area (TPSA) is 46.2 Å². The molecule has 1 aliphatic rings. The fraction of sp³-hybridized carbons (Fsp3) is 0.277. The van der Waals surface area contributed by atoms with E-state index in [0.717, 1.165) is 33.4 Å². The molecule has 0 unspecified atom stereocenters. The highest BCUT2D eigenvalue weighted by Gasteiger charge is 2.48. The SMILES string of the molecule is C[Si](C)(C)C#Cc1ccccc1C#C[C@@H]1O[C@H](COCc2ccccc2)[C@@H](OCc2ccccc2)[C@H](OCc2ccccc2)[C@H]1OCc1ccccc1. The van der Waals surface area contributed by atoms with Crippen LogP contribution in [0.5, 0.6) is 0 Å². The molecule has 0 amide bonds. The highest BCUT2D eigenvalue weighted by molar-refractivity contribution is 6.83. The third-order valence-corrected chi connectivity index (χ3v) is 9.61. The second kappa shape index (κ2) is 19.4. The summed E-state index contributed by atoms with van der Waals surface area (Å²) in [7, 11) is -1.60. The first-order chi connectivity index (χ1) is 25.9. The first-order valence-electron chi connectivity index (χ1n) is 18.3. The van der Waals surface area contributed by atoms with Gasteiger partial charge in [-0.2, -0.15) is 0 Å². The zero-order valence-electron chi connectivity index (χ0n) is 30.8. The molecule has 270 valence electrons. The van der Waals surface area contributed by atoms with Crippen LogP contribution in [0.2, 0.25) is 19.6 Å². The molecule has 5 aromatic carbocycles. The number of hydrogen-bond donors (Lipinski definition) is 0. The van der Waals surface area contributed by atoms with Crippen molar-refractivity contribution in [3.8, 4) is 23.3 Å². The Kier molecular flexibility index (Phi) is 13.9. The summed E-state index contributed by atoms with van der Waals surface area (Å²) in [5.74, 6) is 10.3. The molecule has 6 heteroatoms. The predicted molar refractivity (Wildman–Crippen MR) is 213 cm³/mol. The van der Waals surface area contributed by atoms with Crippen LogP contribution in [0.1, 0.15) is 33.4 Å². The third-order valence-electron chi connectivity index (χ3n) is 8.73. The van der Waals surface area contributed by atoms with Gasteiger partial charge in [0.15, 0.2) is 0 Å². The lowest BCUT2D eigenvalue weighted by Gasteiger charge is -2.45. The van der Waals surface area contributed by atoms with E-state index in [2.05, 4.69) is 91.5 Å². The van der Waals surface area contributed by atoms with Crippen molar-refractivity contribution in [1.29, 1.82) is 0 Å². The van der Waals surface area contributed by atoms with Crippen molar-refractivity contribution in [1.82, 2.24) is 0 Å². The van der Waals surface area contributed by atoms with E-state index in [0.29, 0.717) is 26.4 Å². The van der Waals surface area contributed by atoms with Gasteiger partial charge in [0.1, 0.15) is 38.6 Å². The molecule has 0 saturated carbocycles. The first kappa shape index (κ1) is 38.0. The summed E-state index contributed by atoms with van der Waals surface area (Å²) in [4.78, 5) is 0. The van der Waals surface area contributed by atoms with Crippen molar-refractivity contribution in [2.24, 2.45) is 0 Å². The van der Waals surface area contributed by atoms with Crippen LogP contribution >= 0.6 is 0 Å². The lowest BCUT2D eigenvalue weighted by atomic mass is 9.93. The summed E-state index contributed by atoms with van der Waals surface area (Å²) in [6, 6.07) is 48.7. The molecule has 0 aromatic heterocycles. The summed E-state index contributed by atoms with van der Waals surface area (Å²) < 4.78 is 33.7. The monoisotopic (exact) mass is 720 g/mol. The van der Waals surface area contributed by atoms with Gasteiger partial charge in [0.25, 0.3) is 0 Å². The third kappa shape index (κ3) is 11.9. The maximum Gasteiger partial charge on any atom is 0.147 e. The van der Waals surface area contributed by atoms with Gasteiger partial charge in [-0.3, -0.25) is 0 Å². The molecule has 1 aliphatic heterocycles. The van der Waals surface area contributed by atoms with Crippen LogP contribution in [-0.4, -0.2) is 45.2 Å². The fourth-order valence-corrected chi connectivity index (χ4v) is 6.52. The van der Waals surface area contributed by atoms with E-state index >= 15 is 0 Å². The Morgan fingerprint density at radius 3 is 1.40 bits per heavy atom. The number of hydrogen-bond acceptors (Lipinski definition) is 5. The van der Waals surface area contributed by atoms with Crippen LogP contribution < -0.4 is 0 Å². The molecule has 5 atom stereocenters. The minimum absolute atomic E-state index is 0.279. The summed E-state index contributed by atoms with van der Waals surface area (Å²) >= 11 is 0. The molecule has 1 heterocycles. The van der Waals surface area contributed by atoms with E-state index in [1.807, 2.05) is 97.1 Å². The lowest BCUT2D eigenvalue weighted by molar-refractivity contribution is -0.261. The van der Waals surface area contributed by atoms with Crippen LogP contribution in [0.3, 0.4) is 0 Å². The van der Waals surface area contributed by atoms with Crippen molar-refractivity contribution in [3.63, 3.8) is 0 Å². The number of benzene rings is 5. The van der Waals surface area contributed by atoms with Crippen molar-refractivity contribution in [2.45, 2.75) is 76.6 Å². The average molecular weight is 721 g/mol. The fourth-order valence-electron chi connectivity index (χ4n) is 6.01. The van der Waals surface area contributed by atoms with Crippen LogP contribution in [0.25, 0.3) is 0 Å². The molecule has 0 N–H and O–H groups in total. The molecule has 6 rings (SSSR count). The maximum absolute atomic E-state index is 6.93. The average Bonchev–Trinajstić information content (AvgIpc) is 3.19. The molecule has 0 bridgehead atoms. The highest BCUT2D eigenvalue weighted by Crippen LogP contribution is 2.31. The second-order valence-electron chi connectivity index (χ2n) is 14.2. The van der Waals surface area contributed by atoms with Crippen molar-refractivity contribution >= 4 is 8.07 Å². The standard InChI is InChI=1S/C47H48O5Si/c1-53(2,3)31-30-42-27-17-16-26-41(42)28-29-43-45(49-33-38-20-10-5-11-21-38)47(51-35-40-24-14-7-15-25-40)46(50-34-39-22-12-6-13-23-39)44(52-43)36-48-32-37-18-8-4-9-19-37/h4-27,43-47H,32-36H2,1-3H3/t43-,44+,45-,46+,47+/m0/s1. The first-order valence-corrected chi connectivity index (χ1v) is 21.8. The molecule has 5 aromatic rings. The molecule has 0 aliphatic carbocycles. The zero-order valence-corrected chi connectivity index (χ0v) is 31.8. The van der Waals surface area contributed by atoms with Gasteiger partial charge >= 0.3 is 0 Å². The quantitative estimate of drug-likeness (QED) is 0.0898. The van der Waals surface area contributed by atoms with Gasteiger partial charge in [-0.25, -0.2) is 0 Å². The Bertz CT molecular complexity index is 1960. The second-order valence-corrected chi connectivity index (χ2v) is 18.9. The molecule has 5 nitrogen and oxygen atoms in total. The molecular weight excluding hydrogens is 673 g/mol. The van der Waals surface area contributed by atoms with Crippen LogP contribution in [-0.2, 0) is 50.1 Å². The minimum Gasteiger partial charge on any atom is -0.374 e. The normalized spacial score (nSPS) is 19.7. The zero-order chi connectivity index (χ0) is 36.7. The molecule has 0 spiro atoms. The van der Waals surface area contributed by atoms with Gasteiger partial charge in [0, 0.05) is 11.1 Å². The highest BCUT2D eigenvalue weighted by atomic mass is 28.3. The van der Waals surface area contributed by atoms with Gasteiger partial charge < -0.3 is 23.7 Å². The Hall–Kier alpha value is -4.76. The van der Waals surface area contributed by atoms with Gasteiger partial charge in [0.2, 0.25) is 0 Å². The predicted octanol–water partition coefficient (Wildman–Crippen LogP) is 9.01. The molecule has 1 saturated heterocycles. The maximum atomic E-state index is 6.93. The van der Waals surface area contributed by atoms with E-state index in [4.69, 9.17) is 23.7 Å². The number of rotatable bonds is 13. The van der Waals surface area contributed by atoms with Gasteiger partial charge in [-0.05, 0) is 34.4 Å². The Morgan fingerprint density at radius 2 is 0.906 bits per heavy atom. The van der Waals surface area contributed by atoms with Crippen LogP contribution in [0.15, 0.2) is 146 Å². The van der Waals surface area contributed by atoms with E-state index in [9.17, 15) is 0 Å². The molecular formula is C47H48O5Si. The Labute approximate surface area is 316 Å². The van der Waals surface area contributed by atoms with E-state index in [-0.39, 0.29) is 6.61 Å². The summed E-state index contributed by atoms with van der Waals surface area (Å²) in [6.07, 6.45) is -2.80. The summed E-state index contributed by atoms with van der Waals surface area (Å²) in [5.41, 5.74) is 9.48. The molecule has 1 fully saturated rings. The summed E-state index contributed by atoms with van der Waals surface area (Å²) in [6.45, 7) is 8.54.